The van der Waals surface area contributed by atoms with Crippen molar-refractivity contribution in [2.45, 2.75) is 31.7 Å². The molecule has 4 atom stereocenters. The van der Waals surface area contributed by atoms with Crippen LogP contribution in [0.15, 0.2) is 0 Å². The third-order valence-electron chi connectivity index (χ3n) is 4.89. The highest BCUT2D eigenvalue weighted by molar-refractivity contribution is 5.82. The number of carbonyl (C=O) groups excluding carboxylic acids is 2. The van der Waals surface area contributed by atoms with Crippen molar-refractivity contribution in [3.8, 4) is 0 Å². The molecule has 1 heterocycles. The van der Waals surface area contributed by atoms with Crippen molar-refractivity contribution in [3.05, 3.63) is 0 Å². The van der Waals surface area contributed by atoms with Crippen molar-refractivity contribution in [1.29, 1.82) is 0 Å². The van der Waals surface area contributed by atoms with Gasteiger partial charge in [-0.2, -0.15) is 0 Å². The Bertz CT molecular complexity index is 369. The van der Waals surface area contributed by atoms with Gasteiger partial charge in [-0.25, -0.2) is 0 Å². The van der Waals surface area contributed by atoms with Crippen molar-refractivity contribution in [2.75, 3.05) is 19.6 Å². The first-order valence-corrected chi connectivity index (χ1v) is 6.98. The lowest BCUT2D eigenvalue weighted by atomic mass is 9.84. The number of hydrogen-bond donors (Lipinski definition) is 2. The molecule has 0 spiro atoms. The molecule has 3 fully saturated rings. The highest BCUT2D eigenvalue weighted by atomic mass is 16.2. The number of nitrogens with two attached hydrogens (primary N) is 1. The summed E-state index contributed by atoms with van der Waals surface area (Å²) in [6, 6.07) is 0.0446. The summed E-state index contributed by atoms with van der Waals surface area (Å²) in [4.78, 5) is 25.7. The second kappa shape index (κ2) is 4.53. The summed E-state index contributed by atoms with van der Waals surface area (Å²) in [6.07, 6.45) is 3.89. The molecule has 4 unspecified atom stereocenters. The highest BCUT2D eigenvalue weighted by Crippen LogP contribution is 2.48. The molecule has 2 amide bonds. The van der Waals surface area contributed by atoms with Crippen LogP contribution in [0.1, 0.15) is 25.7 Å². The molecule has 0 aromatic carbocycles. The Morgan fingerprint density at radius 1 is 1.28 bits per heavy atom. The van der Waals surface area contributed by atoms with Gasteiger partial charge in [0.05, 0.1) is 5.92 Å². The molecule has 3 N–H and O–H groups in total. The summed E-state index contributed by atoms with van der Waals surface area (Å²) in [5.74, 6) is 1.28. The maximum Gasteiger partial charge on any atom is 0.227 e. The lowest BCUT2D eigenvalue weighted by Gasteiger charge is -2.31. The smallest absolute Gasteiger partial charge is 0.227 e. The Hall–Kier alpha value is -1.10. The Morgan fingerprint density at radius 3 is 2.78 bits per heavy atom. The van der Waals surface area contributed by atoms with Crippen molar-refractivity contribution >= 4 is 11.8 Å². The number of nitrogens with one attached hydrogen (secondary N) is 1. The van der Waals surface area contributed by atoms with Crippen LogP contribution in [0, 0.1) is 17.8 Å². The Balaban J connectivity index is 1.69. The zero-order valence-corrected chi connectivity index (χ0v) is 10.6. The number of hydrogen-bond acceptors (Lipinski definition) is 3. The fourth-order valence-corrected chi connectivity index (χ4v) is 3.90. The zero-order chi connectivity index (χ0) is 12.7. The van der Waals surface area contributed by atoms with Gasteiger partial charge in [-0.3, -0.25) is 9.59 Å². The van der Waals surface area contributed by atoms with Crippen molar-refractivity contribution in [3.63, 3.8) is 0 Å². The normalized spacial score (nSPS) is 39.6. The van der Waals surface area contributed by atoms with E-state index < -0.39 is 0 Å². The SMILES string of the molecule is NC1C2CCC(C2)C1C(=O)N1CCNC(=O)CC1. The molecule has 1 saturated heterocycles. The van der Waals surface area contributed by atoms with Gasteiger partial charge in [-0.15, -0.1) is 0 Å². The summed E-state index contributed by atoms with van der Waals surface area (Å²) in [5.41, 5.74) is 6.21. The van der Waals surface area contributed by atoms with E-state index in [1.165, 1.54) is 6.42 Å². The molecule has 0 aromatic rings. The maximum absolute atomic E-state index is 12.6. The average Bonchev–Trinajstić information content (AvgIpc) is 2.86. The molecule has 100 valence electrons. The Labute approximate surface area is 107 Å². The van der Waals surface area contributed by atoms with Crippen molar-refractivity contribution in [1.82, 2.24) is 10.2 Å². The van der Waals surface area contributed by atoms with E-state index in [1.54, 1.807) is 0 Å². The van der Waals surface area contributed by atoms with Gasteiger partial charge in [-0.05, 0) is 31.1 Å². The summed E-state index contributed by atoms with van der Waals surface area (Å²) < 4.78 is 0. The first kappa shape index (κ1) is 12.0. The molecule has 2 aliphatic carbocycles. The van der Waals surface area contributed by atoms with E-state index in [9.17, 15) is 9.59 Å². The van der Waals surface area contributed by atoms with Gasteiger partial charge in [0.25, 0.3) is 0 Å². The van der Waals surface area contributed by atoms with Crippen molar-refractivity contribution < 1.29 is 9.59 Å². The van der Waals surface area contributed by atoms with Gasteiger partial charge >= 0.3 is 0 Å². The highest BCUT2D eigenvalue weighted by Gasteiger charge is 2.50. The molecular formula is C13H21N3O2. The van der Waals surface area contributed by atoms with E-state index in [0.717, 1.165) is 12.8 Å². The van der Waals surface area contributed by atoms with E-state index in [2.05, 4.69) is 5.32 Å². The van der Waals surface area contributed by atoms with Gasteiger partial charge in [-0.1, -0.05) is 0 Å². The van der Waals surface area contributed by atoms with Crippen molar-refractivity contribution in [2.24, 2.45) is 23.5 Å². The van der Waals surface area contributed by atoms with Crippen LogP contribution in [0.3, 0.4) is 0 Å². The number of nitrogens with zero attached hydrogens (tertiary/aromatic N) is 1. The molecule has 0 aromatic heterocycles. The van der Waals surface area contributed by atoms with Gasteiger partial charge in [0.2, 0.25) is 11.8 Å². The minimum atomic E-state index is 0.0111. The monoisotopic (exact) mass is 251 g/mol. The van der Waals surface area contributed by atoms with Gasteiger partial charge in [0.15, 0.2) is 0 Å². The Morgan fingerprint density at radius 2 is 2.06 bits per heavy atom. The van der Waals surface area contributed by atoms with E-state index in [0.29, 0.717) is 37.9 Å². The lowest BCUT2D eigenvalue weighted by molar-refractivity contribution is -0.137. The summed E-state index contributed by atoms with van der Waals surface area (Å²) >= 11 is 0. The first-order chi connectivity index (χ1) is 8.66. The predicted octanol–water partition coefficient (Wildman–Crippen LogP) is -0.292. The van der Waals surface area contributed by atoms with E-state index in [4.69, 9.17) is 5.73 Å². The molecule has 1 aliphatic heterocycles. The number of carbonyl (C=O) groups is 2. The average molecular weight is 251 g/mol. The van der Waals surface area contributed by atoms with Crippen LogP contribution in [-0.4, -0.2) is 42.4 Å². The maximum atomic E-state index is 12.6. The summed E-state index contributed by atoms with van der Waals surface area (Å²) in [7, 11) is 0. The molecule has 3 rings (SSSR count). The molecule has 18 heavy (non-hydrogen) atoms. The molecule has 2 saturated carbocycles. The van der Waals surface area contributed by atoms with Gasteiger partial charge in [0, 0.05) is 32.1 Å². The largest absolute Gasteiger partial charge is 0.354 e. The van der Waals surface area contributed by atoms with Crippen LogP contribution in [0.4, 0.5) is 0 Å². The van der Waals surface area contributed by atoms with Crippen LogP contribution >= 0.6 is 0 Å². The van der Waals surface area contributed by atoms with Crippen LogP contribution in [0.5, 0.6) is 0 Å². The minimum absolute atomic E-state index is 0.0111. The predicted molar refractivity (Wildman–Crippen MR) is 66.5 cm³/mol. The number of amides is 2. The third-order valence-corrected chi connectivity index (χ3v) is 4.89. The fourth-order valence-electron chi connectivity index (χ4n) is 3.90. The van der Waals surface area contributed by atoms with Crippen LogP contribution in [0.25, 0.3) is 0 Å². The summed E-state index contributed by atoms with van der Waals surface area (Å²) in [5, 5.41) is 2.80. The first-order valence-electron chi connectivity index (χ1n) is 6.98. The number of fused-ring (bicyclic) bond motifs is 2. The molecule has 3 aliphatic rings. The minimum Gasteiger partial charge on any atom is -0.354 e. The Kier molecular flexibility index (Phi) is 3.01. The quantitative estimate of drug-likeness (QED) is 0.672. The van der Waals surface area contributed by atoms with Crippen LogP contribution in [0.2, 0.25) is 0 Å². The lowest BCUT2D eigenvalue weighted by Crippen LogP contribution is -2.47. The fraction of sp³-hybridized carbons (Fsp3) is 0.846. The number of rotatable bonds is 1. The van der Waals surface area contributed by atoms with Gasteiger partial charge < -0.3 is 16.0 Å². The summed E-state index contributed by atoms with van der Waals surface area (Å²) in [6.45, 7) is 1.75. The third kappa shape index (κ3) is 1.90. The topological polar surface area (TPSA) is 75.4 Å². The van der Waals surface area contributed by atoms with Crippen LogP contribution < -0.4 is 11.1 Å². The molecule has 5 nitrogen and oxygen atoms in total. The van der Waals surface area contributed by atoms with E-state index >= 15 is 0 Å². The van der Waals surface area contributed by atoms with E-state index in [1.807, 2.05) is 4.90 Å². The second-order valence-electron chi connectivity index (χ2n) is 5.86. The second-order valence-corrected chi connectivity index (χ2v) is 5.86. The standard InChI is InChI=1S/C13H21N3O2/c14-12-9-2-1-8(7-9)11(12)13(18)16-5-3-10(17)15-4-6-16/h8-9,11-12H,1-7,14H2,(H,15,17). The molecule has 2 bridgehead atoms. The van der Waals surface area contributed by atoms with Crippen LogP contribution in [-0.2, 0) is 9.59 Å². The van der Waals surface area contributed by atoms with E-state index in [-0.39, 0.29) is 23.8 Å². The molecular weight excluding hydrogens is 230 g/mol. The van der Waals surface area contributed by atoms with Gasteiger partial charge in [0.1, 0.15) is 0 Å². The molecule has 5 heteroatoms. The molecule has 0 radical (unpaired) electrons. The zero-order valence-electron chi connectivity index (χ0n) is 10.6.